The zero-order valence-corrected chi connectivity index (χ0v) is 12.5. The van der Waals surface area contributed by atoms with Gasteiger partial charge in [-0.15, -0.1) is 0 Å². The van der Waals surface area contributed by atoms with Crippen LogP contribution in [0, 0.1) is 5.92 Å². The van der Waals surface area contributed by atoms with Crippen LogP contribution in [0.15, 0.2) is 30.3 Å². The molecule has 1 unspecified atom stereocenters. The number of benzene rings is 1. The first-order valence-corrected chi connectivity index (χ1v) is 6.77. The lowest BCUT2D eigenvalue weighted by Gasteiger charge is -2.23. The average Bonchev–Trinajstić information content (AvgIpc) is 2.35. The van der Waals surface area contributed by atoms with Gasteiger partial charge in [0.2, 0.25) is 0 Å². The van der Waals surface area contributed by atoms with Gasteiger partial charge in [-0.05, 0) is 39.7 Å². The van der Waals surface area contributed by atoms with Crippen LogP contribution in [0.3, 0.4) is 0 Å². The van der Waals surface area contributed by atoms with Crippen molar-refractivity contribution in [1.29, 1.82) is 0 Å². The van der Waals surface area contributed by atoms with Crippen molar-refractivity contribution in [1.82, 2.24) is 0 Å². The van der Waals surface area contributed by atoms with E-state index in [1.165, 1.54) is 0 Å². The van der Waals surface area contributed by atoms with E-state index in [1.54, 1.807) is 27.7 Å². The molecule has 0 saturated heterocycles. The highest BCUT2D eigenvalue weighted by Gasteiger charge is 2.32. The molecule has 1 rings (SSSR count). The molecule has 0 radical (unpaired) electrons. The van der Waals surface area contributed by atoms with E-state index in [4.69, 9.17) is 9.47 Å². The van der Waals surface area contributed by atoms with Gasteiger partial charge < -0.3 is 9.47 Å². The maximum absolute atomic E-state index is 12.2. The molecule has 0 heterocycles. The van der Waals surface area contributed by atoms with Crippen molar-refractivity contribution in [2.45, 2.75) is 39.7 Å². The zero-order valence-electron chi connectivity index (χ0n) is 12.5. The van der Waals surface area contributed by atoms with Gasteiger partial charge >= 0.3 is 11.9 Å². The van der Waals surface area contributed by atoms with E-state index in [0.29, 0.717) is 0 Å². The molecule has 4 nitrogen and oxygen atoms in total. The highest BCUT2D eigenvalue weighted by atomic mass is 16.6. The second kappa shape index (κ2) is 7.08. The summed E-state index contributed by atoms with van der Waals surface area (Å²) >= 11 is 0. The second-order valence-corrected chi connectivity index (χ2v) is 5.53. The Morgan fingerprint density at radius 1 is 1.10 bits per heavy atom. The third-order valence-corrected chi connectivity index (χ3v) is 2.55. The zero-order chi connectivity index (χ0) is 15.2. The SMILES string of the molecule is CCOC(=O)C(Cc1ccccc1)C(=O)OC(C)(C)C. The molecule has 0 aliphatic heterocycles. The summed E-state index contributed by atoms with van der Waals surface area (Å²) in [7, 11) is 0. The van der Waals surface area contributed by atoms with Crippen LogP contribution < -0.4 is 0 Å². The lowest BCUT2D eigenvalue weighted by atomic mass is 9.99. The minimum absolute atomic E-state index is 0.243. The highest BCUT2D eigenvalue weighted by molar-refractivity contribution is 5.95. The molecule has 0 saturated carbocycles. The van der Waals surface area contributed by atoms with Gasteiger partial charge in [0.1, 0.15) is 5.60 Å². The van der Waals surface area contributed by atoms with Crippen LogP contribution in [0.1, 0.15) is 33.3 Å². The summed E-state index contributed by atoms with van der Waals surface area (Å²) in [4.78, 5) is 24.1. The van der Waals surface area contributed by atoms with Crippen molar-refractivity contribution in [2.24, 2.45) is 5.92 Å². The van der Waals surface area contributed by atoms with Crippen LogP contribution in [-0.4, -0.2) is 24.1 Å². The van der Waals surface area contributed by atoms with Gasteiger partial charge in [-0.1, -0.05) is 30.3 Å². The fourth-order valence-corrected chi connectivity index (χ4v) is 1.73. The Balaban J connectivity index is 2.85. The number of hydrogen-bond donors (Lipinski definition) is 0. The van der Waals surface area contributed by atoms with Crippen LogP contribution in [0.25, 0.3) is 0 Å². The smallest absolute Gasteiger partial charge is 0.321 e. The lowest BCUT2D eigenvalue weighted by Crippen LogP contribution is -2.35. The quantitative estimate of drug-likeness (QED) is 0.614. The molecule has 1 aromatic carbocycles. The van der Waals surface area contributed by atoms with E-state index in [2.05, 4.69) is 0 Å². The van der Waals surface area contributed by atoms with Gasteiger partial charge in [0.05, 0.1) is 6.61 Å². The number of hydrogen-bond acceptors (Lipinski definition) is 4. The fraction of sp³-hybridized carbons (Fsp3) is 0.500. The van der Waals surface area contributed by atoms with Crippen LogP contribution >= 0.6 is 0 Å². The molecule has 0 N–H and O–H groups in total. The summed E-state index contributed by atoms with van der Waals surface area (Å²) in [6.45, 7) is 7.28. The number of ether oxygens (including phenoxy) is 2. The van der Waals surface area contributed by atoms with Gasteiger partial charge in [0, 0.05) is 0 Å². The van der Waals surface area contributed by atoms with E-state index >= 15 is 0 Å². The van der Waals surface area contributed by atoms with Crippen molar-refractivity contribution in [3.8, 4) is 0 Å². The maximum atomic E-state index is 12.2. The molecule has 20 heavy (non-hydrogen) atoms. The van der Waals surface area contributed by atoms with E-state index in [0.717, 1.165) is 5.56 Å². The molecule has 1 atom stereocenters. The van der Waals surface area contributed by atoms with Crippen molar-refractivity contribution >= 4 is 11.9 Å². The van der Waals surface area contributed by atoms with Gasteiger partial charge in [-0.2, -0.15) is 0 Å². The second-order valence-electron chi connectivity index (χ2n) is 5.53. The molecular weight excluding hydrogens is 256 g/mol. The number of carbonyl (C=O) groups excluding carboxylic acids is 2. The summed E-state index contributed by atoms with van der Waals surface area (Å²) in [6, 6.07) is 9.36. The molecule has 1 aromatic rings. The summed E-state index contributed by atoms with van der Waals surface area (Å²) < 4.78 is 10.3. The Kier molecular flexibility index (Phi) is 5.74. The molecular formula is C16H22O4. The third kappa shape index (κ3) is 5.43. The highest BCUT2D eigenvalue weighted by Crippen LogP contribution is 2.17. The topological polar surface area (TPSA) is 52.6 Å². The molecule has 4 heteroatoms. The Labute approximate surface area is 120 Å². The minimum Gasteiger partial charge on any atom is -0.465 e. The molecule has 0 aliphatic rings. The monoisotopic (exact) mass is 278 g/mol. The molecule has 0 aromatic heterocycles. The van der Waals surface area contributed by atoms with Crippen LogP contribution in [0.5, 0.6) is 0 Å². The number of esters is 2. The van der Waals surface area contributed by atoms with Crippen molar-refractivity contribution in [3.05, 3.63) is 35.9 Å². The number of carbonyl (C=O) groups is 2. The summed E-state index contributed by atoms with van der Waals surface area (Å²) in [6.07, 6.45) is 0.286. The first kappa shape index (κ1) is 16.2. The largest absolute Gasteiger partial charge is 0.465 e. The van der Waals surface area contributed by atoms with Gasteiger partial charge in [-0.3, -0.25) is 9.59 Å². The number of rotatable bonds is 5. The molecule has 110 valence electrons. The predicted octanol–water partition coefficient (Wildman–Crippen LogP) is 2.75. The molecule has 0 amide bonds. The Hall–Kier alpha value is -1.84. The minimum atomic E-state index is -0.920. The first-order chi connectivity index (χ1) is 9.33. The van der Waals surface area contributed by atoms with Crippen LogP contribution in [-0.2, 0) is 25.5 Å². The predicted molar refractivity (Wildman–Crippen MR) is 76.1 cm³/mol. The van der Waals surface area contributed by atoms with E-state index < -0.39 is 23.5 Å². The van der Waals surface area contributed by atoms with Crippen molar-refractivity contribution < 1.29 is 19.1 Å². The van der Waals surface area contributed by atoms with E-state index in [1.807, 2.05) is 30.3 Å². The van der Waals surface area contributed by atoms with Crippen LogP contribution in [0.4, 0.5) is 0 Å². The first-order valence-electron chi connectivity index (χ1n) is 6.77. The Bertz CT molecular complexity index is 445. The van der Waals surface area contributed by atoms with Gasteiger partial charge in [0.15, 0.2) is 5.92 Å². The van der Waals surface area contributed by atoms with Crippen LogP contribution in [0.2, 0.25) is 0 Å². The van der Waals surface area contributed by atoms with E-state index in [9.17, 15) is 9.59 Å². The average molecular weight is 278 g/mol. The Morgan fingerprint density at radius 3 is 2.20 bits per heavy atom. The maximum Gasteiger partial charge on any atom is 0.321 e. The molecule has 0 spiro atoms. The van der Waals surface area contributed by atoms with Gasteiger partial charge in [0.25, 0.3) is 0 Å². The molecule has 0 aliphatic carbocycles. The van der Waals surface area contributed by atoms with Crippen molar-refractivity contribution in [3.63, 3.8) is 0 Å². The molecule has 0 fully saturated rings. The molecule has 0 bridgehead atoms. The summed E-state index contributed by atoms with van der Waals surface area (Å²) in [5, 5.41) is 0. The normalized spacial score (nSPS) is 12.6. The van der Waals surface area contributed by atoms with Crippen molar-refractivity contribution in [2.75, 3.05) is 6.61 Å². The Morgan fingerprint density at radius 2 is 1.70 bits per heavy atom. The standard InChI is InChI=1S/C16H22O4/c1-5-19-14(17)13(15(18)20-16(2,3)4)11-12-9-7-6-8-10-12/h6-10,13H,5,11H2,1-4H3. The van der Waals surface area contributed by atoms with Gasteiger partial charge in [-0.25, -0.2) is 0 Å². The third-order valence-electron chi connectivity index (χ3n) is 2.55. The lowest BCUT2D eigenvalue weighted by molar-refractivity contribution is -0.168. The summed E-state index contributed by atoms with van der Waals surface area (Å²) in [5.41, 5.74) is 0.273. The fourth-order valence-electron chi connectivity index (χ4n) is 1.73. The van der Waals surface area contributed by atoms with E-state index in [-0.39, 0.29) is 13.0 Å². The summed E-state index contributed by atoms with van der Waals surface area (Å²) in [5.74, 6) is -2.00.